The molecule has 1 fully saturated rings. The molecule has 1 aliphatic heterocycles. The maximum absolute atomic E-state index is 12.3. The maximum Gasteiger partial charge on any atom is 0.338 e. The van der Waals surface area contributed by atoms with Crippen LogP contribution >= 0.6 is 0 Å². The van der Waals surface area contributed by atoms with Gasteiger partial charge >= 0.3 is 5.97 Å². The molecule has 0 amide bonds. The number of piperidine rings is 1. The van der Waals surface area contributed by atoms with Gasteiger partial charge in [-0.2, -0.15) is 0 Å². The fourth-order valence-electron chi connectivity index (χ4n) is 5.03. The van der Waals surface area contributed by atoms with Crippen LogP contribution < -0.4 is 0 Å². The van der Waals surface area contributed by atoms with Crippen LogP contribution in [0.4, 0.5) is 0 Å². The lowest BCUT2D eigenvalue weighted by molar-refractivity contribution is 0.0276. The number of aromatic nitrogens is 1. The number of H-pyrrole nitrogens is 1. The fraction of sp³-hybridized carbons (Fsp3) is 0.348. The predicted octanol–water partition coefficient (Wildman–Crippen LogP) is 3.98. The minimum Gasteiger partial charge on any atom is -0.462 e. The summed E-state index contributed by atoms with van der Waals surface area (Å²) in [6.45, 7) is 1.45. The molecule has 3 atom stereocenters. The van der Waals surface area contributed by atoms with E-state index in [-0.39, 0.29) is 5.97 Å². The number of nitrogens with one attached hydrogen (secondary N) is 1. The molecule has 4 nitrogen and oxygen atoms in total. The maximum atomic E-state index is 12.3. The van der Waals surface area contributed by atoms with Gasteiger partial charge in [0.05, 0.1) is 12.2 Å². The molecule has 0 bridgehead atoms. The minimum atomic E-state index is -0.223. The molecule has 4 heteroatoms. The molecule has 2 heterocycles. The third kappa shape index (κ3) is 2.85. The van der Waals surface area contributed by atoms with Gasteiger partial charge in [0.25, 0.3) is 0 Å². The third-order valence-electron chi connectivity index (χ3n) is 6.27. The number of aromatic amines is 1. The average molecular weight is 360 g/mol. The van der Waals surface area contributed by atoms with Crippen molar-refractivity contribution in [2.75, 3.05) is 20.2 Å². The Labute approximate surface area is 159 Å². The number of hydrogen-bond donors (Lipinski definition) is 1. The SMILES string of the molecule is CN1C[C@H](COC(=O)c2ccccc2)C[C@@H]2c3cccc4[nH]cc(c34)C[C@H]21. The van der Waals surface area contributed by atoms with E-state index >= 15 is 0 Å². The van der Waals surface area contributed by atoms with Gasteiger partial charge in [0.2, 0.25) is 0 Å². The molecule has 1 aliphatic carbocycles. The predicted molar refractivity (Wildman–Crippen MR) is 106 cm³/mol. The number of esters is 1. The second-order valence-corrected chi connectivity index (χ2v) is 7.97. The van der Waals surface area contributed by atoms with Gasteiger partial charge in [0.1, 0.15) is 0 Å². The van der Waals surface area contributed by atoms with Gasteiger partial charge in [-0.3, -0.25) is 0 Å². The number of carbonyl (C=O) groups excluding carboxylic acids is 1. The summed E-state index contributed by atoms with van der Waals surface area (Å²) in [7, 11) is 2.21. The van der Waals surface area contributed by atoms with Crippen molar-refractivity contribution in [2.24, 2.45) is 5.92 Å². The van der Waals surface area contributed by atoms with Crippen LogP contribution in [0.2, 0.25) is 0 Å². The zero-order valence-corrected chi connectivity index (χ0v) is 15.5. The van der Waals surface area contributed by atoms with Crippen molar-refractivity contribution in [3.8, 4) is 0 Å². The molecule has 2 aliphatic rings. The van der Waals surface area contributed by atoms with Crippen molar-refractivity contribution < 1.29 is 9.53 Å². The average Bonchev–Trinajstić information content (AvgIpc) is 3.12. The number of ether oxygens (including phenoxy) is 1. The van der Waals surface area contributed by atoms with Crippen molar-refractivity contribution in [3.63, 3.8) is 0 Å². The lowest BCUT2D eigenvalue weighted by Crippen LogP contribution is -2.48. The van der Waals surface area contributed by atoms with Crippen molar-refractivity contribution in [1.82, 2.24) is 9.88 Å². The Morgan fingerprint density at radius 3 is 2.89 bits per heavy atom. The molecule has 2 aromatic carbocycles. The number of hydrogen-bond acceptors (Lipinski definition) is 3. The van der Waals surface area contributed by atoms with Gasteiger partial charge in [-0.1, -0.05) is 30.3 Å². The Morgan fingerprint density at radius 1 is 1.19 bits per heavy atom. The number of carbonyl (C=O) groups is 1. The number of likely N-dealkylation sites (N-methyl/N-ethyl adjacent to an activating group) is 1. The largest absolute Gasteiger partial charge is 0.462 e. The lowest BCUT2D eigenvalue weighted by atomic mass is 9.72. The zero-order valence-electron chi connectivity index (χ0n) is 15.5. The van der Waals surface area contributed by atoms with E-state index in [2.05, 4.69) is 41.3 Å². The topological polar surface area (TPSA) is 45.3 Å². The summed E-state index contributed by atoms with van der Waals surface area (Å²) in [5.41, 5.74) is 4.74. The number of fused-ring (bicyclic) bond motifs is 2. The van der Waals surface area contributed by atoms with Crippen molar-refractivity contribution in [2.45, 2.75) is 24.8 Å². The first-order chi connectivity index (χ1) is 13.2. The van der Waals surface area contributed by atoms with Gasteiger partial charge in [-0.25, -0.2) is 4.79 Å². The van der Waals surface area contributed by atoms with Crippen LogP contribution in [0.25, 0.3) is 10.9 Å². The van der Waals surface area contributed by atoms with E-state index in [1.165, 1.54) is 22.0 Å². The number of benzene rings is 2. The highest BCUT2D eigenvalue weighted by Crippen LogP contribution is 2.44. The van der Waals surface area contributed by atoms with Crippen LogP contribution in [-0.4, -0.2) is 42.1 Å². The van der Waals surface area contributed by atoms with Crippen LogP contribution in [0.1, 0.15) is 33.8 Å². The Hall–Kier alpha value is -2.59. The number of rotatable bonds is 3. The molecule has 3 aromatic rings. The highest BCUT2D eigenvalue weighted by atomic mass is 16.5. The van der Waals surface area contributed by atoms with Crippen LogP contribution in [0.5, 0.6) is 0 Å². The van der Waals surface area contributed by atoms with E-state index in [1.54, 1.807) is 12.1 Å². The van der Waals surface area contributed by atoms with E-state index in [9.17, 15) is 4.79 Å². The van der Waals surface area contributed by atoms with E-state index in [1.807, 2.05) is 18.2 Å². The second-order valence-electron chi connectivity index (χ2n) is 7.97. The molecular weight excluding hydrogens is 336 g/mol. The normalized spacial score (nSPS) is 24.6. The summed E-state index contributed by atoms with van der Waals surface area (Å²) in [6, 6.07) is 16.4. The Bertz CT molecular complexity index is 978. The van der Waals surface area contributed by atoms with Gasteiger partial charge in [0.15, 0.2) is 0 Å². The molecule has 0 spiro atoms. The molecule has 138 valence electrons. The Morgan fingerprint density at radius 2 is 2.04 bits per heavy atom. The fourth-order valence-corrected chi connectivity index (χ4v) is 5.03. The van der Waals surface area contributed by atoms with Crippen LogP contribution in [0.3, 0.4) is 0 Å². The van der Waals surface area contributed by atoms with Gasteiger partial charge < -0.3 is 14.6 Å². The van der Waals surface area contributed by atoms with Gasteiger partial charge in [0, 0.05) is 41.5 Å². The molecule has 1 N–H and O–H groups in total. The standard InChI is InChI=1S/C23H24N2O2/c1-25-13-15(14-27-23(26)16-6-3-2-4-7-16)10-19-18-8-5-9-20-22(18)17(12-24-20)11-21(19)25/h2-9,12,15,19,21,24H,10-11,13-14H2,1H3/t15-,19-,21-/m1/s1. The Balaban J connectivity index is 1.35. The summed E-state index contributed by atoms with van der Waals surface area (Å²) in [6.07, 6.45) is 4.33. The monoisotopic (exact) mass is 360 g/mol. The van der Waals surface area contributed by atoms with Gasteiger partial charge in [-0.15, -0.1) is 0 Å². The van der Waals surface area contributed by atoms with Crippen molar-refractivity contribution >= 4 is 16.9 Å². The quantitative estimate of drug-likeness (QED) is 0.719. The smallest absolute Gasteiger partial charge is 0.338 e. The van der Waals surface area contributed by atoms with E-state index in [0.29, 0.717) is 30.0 Å². The lowest BCUT2D eigenvalue weighted by Gasteiger charge is -2.45. The first-order valence-electron chi connectivity index (χ1n) is 9.72. The number of nitrogens with zero attached hydrogens (tertiary/aromatic N) is 1. The second kappa shape index (κ2) is 6.54. The Kier molecular flexibility index (Phi) is 4.01. The zero-order chi connectivity index (χ0) is 18.4. The molecular formula is C23H24N2O2. The molecule has 1 saturated heterocycles. The van der Waals surface area contributed by atoms with Crippen molar-refractivity contribution in [3.05, 3.63) is 71.4 Å². The summed E-state index contributed by atoms with van der Waals surface area (Å²) >= 11 is 0. The van der Waals surface area contributed by atoms with Crippen LogP contribution in [0.15, 0.2) is 54.7 Å². The third-order valence-corrected chi connectivity index (χ3v) is 6.27. The van der Waals surface area contributed by atoms with E-state index in [0.717, 1.165) is 19.4 Å². The van der Waals surface area contributed by atoms with E-state index < -0.39 is 0 Å². The molecule has 5 rings (SSSR count). The van der Waals surface area contributed by atoms with Gasteiger partial charge in [-0.05, 0) is 49.2 Å². The van der Waals surface area contributed by atoms with E-state index in [4.69, 9.17) is 4.74 Å². The van der Waals surface area contributed by atoms with Crippen LogP contribution in [0, 0.1) is 5.92 Å². The minimum absolute atomic E-state index is 0.223. The molecule has 0 radical (unpaired) electrons. The summed E-state index contributed by atoms with van der Waals surface area (Å²) < 4.78 is 5.65. The van der Waals surface area contributed by atoms with Crippen molar-refractivity contribution in [1.29, 1.82) is 0 Å². The summed E-state index contributed by atoms with van der Waals surface area (Å²) in [5.74, 6) is 0.634. The first kappa shape index (κ1) is 16.6. The molecule has 0 unspecified atom stereocenters. The summed E-state index contributed by atoms with van der Waals surface area (Å²) in [4.78, 5) is 18.2. The number of likely N-dealkylation sites (tertiary alicyclic amines) is 1. The highest BCUT2D eigenvalue weighted by molar-refractivity contribution is 5.89. The first-order valence-corrected chi connectivity index (χ1v) is 9.72. The molecule has 27 heavy (non-hydrogen) atoms. The highest BCUT2D eigenvalue weighted by Gasteiger charge is 2.39. The van der Waals surface area contributed by atoms with Crippen LogP contribution in [-0.2, 0) is 11.2 Å². The molecule has 1 aromatic heterocycles. The molecule has 0 saturated carbocycles. The summed E-state index contributed by atoms with van der Waals surface area (Å²) in [5, 5.41) is 1.41.